The Morgan fingerprint density at radius 2 is 0.871 bits per heavy atom. The first-order valence-electron chi connectivity index (χ1n) is 20.6. The van der Waals surface area contributed by atoms with E-state index in [9.17, 15) is 0 Å². The number of benzene rings is 8. The number of hydrogen-bond donors (Lipinski definition) is 0. The number of pyridine rings is 1. The summed E-state index contributed by atoms with van der Waals surface area (Å²) >= 11 is 1.82. The van der Waals surface area contributed by atoms with Crippen LogP contribution in [-0.2, 0) is 0 Å². The normalized spacial score (nSPS) is 11.5. The third kappa shape index (κ3) is 6.16. The lowest BCUT2D eigenvalue weighted by atomic mass is 9.93. The van der Waals surface area contributed by atoms with Gasteiger partial charge in [0.25, 0.3) is 0 Å². The monoisotopic (exact) mass is 810 g/mol. The second kappa shape index (κ2) is 14.9. The van der Waals surface area contributed by atoms with Crippen LogP contribution in [0, 0.1) is 0 Å². The van der Waals surface area contributed by atoms with E-state index in [4.69, 9.17) is 24.4 Å². The summed E-state index contributed by atoms with van der Waals surface area (Å²) in [5.41, 5.74) is 12.9. The van der Waals surface area contributed by atoms with E-state index in [1.807, 2.05) is 78.1 Å². The van der Waals surface area contributed by atoms with Gasteiger partial charge in [-0.25, -0.2) is 19.9 Å². The number of furan rings is 1. The van der Waals surface area contributed by atoms with Crippen LogP contribution in [0.1, 0.15) is 0 Å². The second-order valence-corrected chi connectivity index (χ2v) is 16.4. The minimum atomic E-state index is 0.620. The van der Waals surface area contributed by atoms with Crippen molar-refractivity contribution in [1.82, 2.24) is 19.9 Å². The molecule has 6 heteroatoms. The van der Waals surface area contributed by atoms with E-state index in [1.165, 1.54) is 4.70 Å². The first-order valence-corrected chi connectivity index (χ1v) is 21.4. The summed E-state index contributed by atoms with van der Waals surface area (Å²) in [6.07, 6.45) is 0. The van der Waals surface area contributed by atoms with E-state index in [2.05, 4.69) is 140 Å². The molecule has 0 unspecified atom stereocenters. The van der Waals surface area contributed by atoms with Gasteiger partial charge in [-0.2, -0.15) is 0 Å². The van der Waals surface area contributed by atoms with Gasteiger partial charge < -0.3 is 4.42 Å². The minimum Gasteiger partial charge on any atom is -0.455 e. The number of fused-ring (bicyclic) bond motifs is 6. The van der Waals surface area contributed by atoms with Gasteiger partial charge in [0.2, 0.25) is 0 Å². The van der Waals surface area contributed by atoms with Crippen molar-refractivity contribution in [2.45, 2.75) is 0 Å². The maximum absolute atomic E-state index is 6.77. The zero-order chi connectivity index (χ0) is 41.0. The predicted octanol–water partition coefficient (Wildman–Crippen LogP) is 15.2. The van der Waals surface area contributed by atoms with Crippen LogP contribution in [0.4, 0.5) is 0 Å². The average molecular weight is 811 g/mol. The Labute approximate surface area is 361 Å². The molecule has 0 fully saturated rings. The molecule has 0 aliphatic rings. The molecular weight excluding hydrogens is 777 g/mol. The summed E-state index contributed by atoms with van der Waals surface area (Å²) in [6, 6.07) is 71.4. The van der Waals surface area contributed by atoms with Crippen LogP contribution in [0.5, 0.6) is 0 Å². The largest absolute Gasteiger partial charge is 0.455 e. The lowest BCUT2D eigenvalue weighted by Crippen LogP contribution is -2.00. The summed E-state index contributed by atoms with van der Waals surface area (Å²) in [6.45, 7) is 0. The number of nitrogens with zero attached hydrogens (tertiary/aromatic N) is 4. The summed E-state index contributed by atoms with van der Waals surface area (Å²) in [5.74, 6) is 1.89. The number of thiophene rings is 1. The third-order valence-electron chi connectivity index (χ3n) is 11.5. The van der Waals surface area contributed by atoms with Crippen LogP contribution < -0.4 is 0 Å². The molecule has 0 aliphatic carbocycles. The molecule has 4 aromatic heterocycles. The first kappa shape index (κ1) is 35.8. The highest BCUT2D eigenvalue weighted by atomic mass is 32.1. The molecule has 5 nitrogen and oxygen atoms in total. The fourth-order valence-corrected chi connectivity index (χ4v) is 9.96. The van der Waals surface area contributed by atoms with Gasteiger partial charge in [0.15, 0.2) is 17.5 Å². The SMILES string of the molecule is c1ccc(-c2nc(-c3ccccc3)nc(-c3cccc(-c4cccc(-c5sc6c(c(-c7ccccc7)nc7ccccc76)c5-c5cccc6c5oc5ccccc56)c4)c3)n2)cc1. The highest BCUT2D eigenvalue weighted by Crippen LogP contribution is 2.52. The molecule has 0 aliphatic heterocycles. The van der Waals surface area contributed by atoms with Crippen molar-refractivity contribution in [3.05, 3.63) is 206 Å². The van der Waals surface area contributed by atoms with Crippen molar-refractivity contribution in [1.29, 1.82) is 0 Å². The van der Waals surface area contributed by atoms with Crippen molar-refractivity contribution in [2.75, 3.05) is 0 Å². The molecular formula is C56H34N4OS. The number of aromatic nitrogens is 4. The Hall–Kier alpha value is -8.06. The molecule has 0 saturated heterocycles. The van der Waals surface area contributed by atoms with E-state index >= 15 is 0 Å². The minimum absolute atomic E-state index is 0.620. The molecule has 12 rings (SSSR count). The molecule has 0 radical (unpaired) electrons. The Morgan fingerprint density at radius 3 is 1.56 bits per heavy atom. The van der Waals surface area contributed by atoms with Crippen LogP contribution in [0.3, 0.4) is 0 Å². The van der Waals surface area contributed by atoms with E-state index in [0.717, 1.165) is 98.9 Å². The fraction of sp³-hybridized carbons (Fsp3) is 0. The molecule has 62 heavy (non-hydrogen) atoms. The lowest BCUT2D eigenvalue weighted by molar-refractivity contribution is 0.670. The number of hydrogen-bond acceptors (Lipinski definition) is 6. The Balaban J connectivity index is 1.07. The van der Waals surface area contributed by atoms with Gasteiger partial charge in [-0.3, -0.25) is 0 Å². The average Bonchev–Trinajstić information content (AvgIpc) is 3.95. The van der Waals surface area contributed by atoms with E-state index in [1.54, 1.807) is 0 Å². The van der Waals surface area contributed by atoms with Crippen molar-refractivity contribution in [3.63, 3.8) is 0 Å². The molecule has 12 aromatic rings. The van der Waals surface area contributed by atoms with Crippen LogP contribution in [0.25, 0.3) is 121 Å². The molecule has 8 aromatic carbocycles. The highest BCUT2D eigenvalue weighted by molar-refractivity contribution is 7.24. The standard InChI is InChI=1S/C56H34N4OS/c1-4-17-35(18-5-1)50-49-48(45-30-16-29-43-42-27-11-13-32-47(42)61-51(43)45)52(62-53(49)44-28-10-12-31-46(44)57-50)40-25-14-23-38(33-40)39-24-15-26-41(34-39)56-59-54(36-19-6-2-7-20-36)58-55(60-56)37-21-8-3-9-22-37/h1-34H. The topological polar surface area (TPSA) is 64.7 Å². The van der Waals surface area contributed by atoms with Crippen LogP contribution in [0.15, 0.2) is 211 Å². The Kier molecular flexibility index (Phi) is 8.61. The number of para-hydroxylation sites is 3. The second-order valence-electron chi connectivity index (χ2n) is 15.3. The molecule has 0 amide bonds. The maximum atomic E-state index is 6.77. The maximum Gasteiger partial charge on any atom is 0.164 e. The van der Waals surface area contributed by atoms with Gasteiger partial charge in [-0.05, 0) is 41.0 Å². The fourth-order valence-electron chi connectivity index (χ4n) is 8.61. The van der Waals surface area contributed by atoms with E-state index in [-0.39, 0.29) is 0 Å². The lowest BCUT2D eigenvalue weighted by Gasteiger charge is -2.12. The van der Waals surface area contributed by atoms with E-state index < -0.39 is 0 Å². The molecule has 0 bridgehead atoms. The zero-order valence-corrected chi connectivity index (χ0v) is 34.1. The molecule has 0 spiro atoms. The van der Waals surface area contributed by atoms with Crippen molar-refractivity contribution in [3.8, 4) is 78.1 Å². The summed E-state index contributed by atoms with van der Waals surface area (Å²) in [7, 11) is 0. The van der Waals surface area contributed by atoms with Crippen molar-refractivity contribution < 1.29 is 4.42 Å². The van der Waals surface area contributed by atoms with Gasteiger partial charge >= 0.3 is 0 Å². The Morgan fingerprint density at radius 1 is 0.371 bits per heavy atom. The summed E-state index contributed by atoms with van der Waals surface area (Å²) < 4.78 is 7.96. The van der Waals surface area contributed by atoms with Gasteiger partial charge in [-0.1, -0.05) is 182 Å². The summed E-state index contributed by atoms with van der Waals surface area (Å²) in [5, 5.41) is 4.44. The predicted molar refractivity (Wildman–Crippen MR) is 256 cm³/mol. The van der Waals surface area contributed by atoms with E-state index in [0.29, 0.717) is 17.5 Å². The van der Waals surface area contributed by atoms with Crippen molar-refractivity contribution in [2.24, 2.45) is 0 Å². The molecule has 4 heterocycles. The smallest absolute Gasteiger partial charge is 0.164 e. The van der Waals surface area contributed by atoms with Gasteiger partial charge in [0.1, 0.15) is 11.2 Å². The summed E-state index contributed by atoms with van der Waals surface area (Å²) in [4.78, 5) is 21.5. The molecule has 0 N–H and O–H groups in total. The Bertz CT molecular complexity index is 3580. The number of rotatable bonds is 7. The van der Waals surface area contributed by atoms with Crippen molar-refractivity contribution >= 4 is 54.3 Å². The zero-order valence-electron chi connectivity index (χ0n) is 33.2. The first-order chi connectivity index (χ1) is 30.7. The molecule has 0 atom stereocenters. The molecule has 290 valence electrons. The molecule has 0 saturated carbocycles. The van der Waals surface area contributed by atoms with Crippen LogP contribution in [0.2, 0.25) is 0 Å². The van der Waals surface area contributed by atoms with Gasteiger partial charge in [0.05, 0.1) is 11.2 Å². The van der Waals surface area contributed by atoms with Crippen LogP contribution >= 0.6 is 11.3 Å². The third-order valence-corrected chi connectivity index (χ3v) is 12.8. The van der Waals surface area contributed by atoms with Gasteiger partial charge in [0, 0.05) is 64.5 Å². The highest BCUT2D eigenvalue weighted by Gasteiger charge is 2.25. The quantitative estimate of drug-likeness (QED) is 0.160. The van der Waals surface area contributed by atoms with Gasteiger partial charge in [-0.15, -0.1) is 11.3 Å². The van der Waals surface area contributed by atoms with Crippen LogP contribution in [-0.4, -0.2) is 19.9 Å².